The van der Waals surface area contributed by atoms with Crippen molar-refractivity contribution in [3.05, 3.63) is 66.4 Å². The van der Waals surface area contributed by atoms with Gasteiger partial charge >= 0.3 is 6.18 Å². The molecule has 0 amide bonds. The van der Waals surface area contributed by atoms with E-state index in [0.717, 1.165) is 6.07 Å². The van der Waals surface area contributed by atoms with Crippen LogP contribution in [0.25, 0.3) is 0 Å². The standard InChI is InChI=1S/C17H15F3N4O2/c1-16(25,9-24-11-21-10-22-24)13-7-8-14(23-15(13)17(18,19)20)26-12-5-3-2-4-6-12/h2-8,10-11,25H,9H2,1H3. The van der Waals surface area contributed by atoms with Crippen LogP contribution in [0.1, 0.15) is 18.2 Å². The van der Waals surface area contributed by atoms with Gasteiger partial charge in [0.1, 0.15) is 24.0 Å². The van der Waals surface area contributed by atoms with Crippen molar-refractivity contribution in [3.8, 4) is 11.6 Å². The summed E-state index contributed by atoms with van der Waals surface area (Å²) in [6, 6.07) is 10.8. The van der Waals surface area contributed by atoms with Gasteiger partial charge in [-0.15, -0.1) is 0 Å². The average molecular weight is 364 g/mol. The van der Waals surface area contributed by atoms with Crippen LogP contribution < -0.4 is 4.74 Å². The maximum atomic E-state index is 13.5. The number of benzene rings is 1. The van der Waals surface area contributed by atoms with Crippen LogP contribution in [0.15, 0.2) is 55.1 Å². The summed E-state index contributed by atoms with van der Waals surface area (Å²) in [5.74, 6) is 0.138. The van der Waals surface area contributed by atoms with Crippen molar-refractivity contribution in [1.29, 1.82) is 0 Å². The van der Waals surface area contributed by atoms with Gasteiger partial charge in [-0.05, 0) is 25.1 Å². The molecule has 0 radical (unpaired) electrons. The summed E-state index contributed by atoms with van der Waals surface area (Å²) in [5, 5.41) is 14.4. The molecule has 2 heterocycles. The minimum Gasteiger partial charge on any atom is -0.439 e. The molecule has 2 aromatic heterocycles. The molecule has 3 rings (SSSR count). The van der Waals surface area contributed by atoms with Gasteiger partial charge in [0, 0.05) is 11.6 Å². The van der Waals surface area contributed by atoms with Gasteiger partial charge in [0.15, 0.2) is 5.69 Å². The number of pyridine rings is 1. The second kappa shape index (κ2) is 6.75. The topological polar surface area (TPSA) is 73.1 Å². The van der Waals surface area contributed by atoms with Crippen LogP contribution in [0.3, 0.4) is 0 Å². The highest BCUT2D eigenvalue weighted by Gasteiger charge is 2.41. The fourth-order valence-electron chi connectivity index (χ4n) is 2.47. The molecule has 1 atom stereocenters. The number of aliphatic hydroxyl groups is 1. The van der Waals surface area contributed by atoms with Crippen molar-refractivity contribution in [1.82, 2.24) is 19.7 Å². The van der Waals surface area contributed by atoms with E-state index in [9.17, 15) is 18.3 Å². The first-order chi connectivity index (χ1) is 12.3. The summed E-state index contributed by atoms with van der Waals surface area (Å²) in [5.41, 5.74) is -3.45. The Hall–Kier alpha value is -2.94. The maximum Gasteiger partial charge on any atom is 0.433 e. The number of nitrogens with zero attached hydrogens (tertiary/aromatic N) is 4. The number of rotatable bonds is 5. The molecule has 0 saturated heterocycles. The van der Waals surface area contributed by atoms with Crippen LogP contribution in [-0.4, -0.2) is 24.9 Å². The fraction of sp³-hybridized carbons (Fsp3) is 0.235. The summed E-state index contributed by atoms with van der Waals surface area (Å²) < 4.78 is 47.1. The quantitative estimate of drug-likeness (QED) is 0.751. The SMILES string of the molecule is CC(O)(Cn1cncn1)c1ccc(Oc2ccccc2)nc1C(F)(F)F. The highest BCUT2D eigenvalue weighted by Crippen LogP contribution is 2.37. The molecule has 0 spiro atoms. The van der Waals surface area contributed by atoms with E-state index in [1.54, 1.807) is 30.3 Å². The monoisotopic (exact) mass is 364 g/mol. The van der Waals surface area contributed by atoms with Gasteiger partial charge < -0.3 is 9.84 Å². The lowest BCUT2D eigenvalue weighted by Gasteiger charge is -2.26. The molecule has 9 heteroatoms. The molecular formula is C17H15F3N4O2. The number of ether oxygens (including phenoxy) is 1. The minimum atomic E-state index is -4.77. The lowest BCUT2D eigenvalue weighted by atomic mass is 9.94. The zero-order valence-electron chi connectivity index (χ0n) is 13.7. The lowest BCUT2D eigenvalue weighted by Crippen LogP contribution is -2.31. The second-order valence-electron chi connectivity index (χ2n) is 5.83. The molecule has 26 heavy (non-hydrogen) atoms. The molecule has 1 N–H and O–H groups in total. The van der Waals surface area contributed by atoms with Crippen LogP contribution in [-0.2, 0) is 18.3 Å². The van der Waals surface area contributed by atoms with Gasteiger partial charge in [-0.25, -0.2) is 14.6 Å². The summed E-state index contributed by atoms with van der Waals surface area (Å²) in [6.45, 7) is 1.05. The Labute approximate surface area is 146 Å². The molecule has 0 saturated carbocycles. The van der Waals surface area contributed by atoms with Crippen LogP contribution in [0.2, 0.25) is 0 Å². The minimum absolute atomic E-state index is 0.212. The molecule has 0 fully saturated rings. The first kappa shape index (κ1) is 17.9. The highest BCUT2D eigenvalue weighted by molar-refractivity contribution is 5.34. The summed E-state index contributed by atoms with van der Waals surface area (Å²) in [4.78, 5) is 7.30. The molecule has 0 aliphatic heterocycles. The van der Waals surface area contributed by atoms with E-state index in [-0.39, 0.29) is 18.0 Å². The summed E-state index contributed by atoms with van der Waals surface area (Å²) in [7, 11) is 0. The third-order valence-electron chi connectivity index (χ3n) is 3.62. The first-order valence-corrected chi connectivity index (χ1v) is 7.62. The van der Waals surface area contributed by atoms with Crippen LogP contribution in [0.5, 0.6) is 11.6 Å². The van der Waals surface area contributed by atoms with E-state index in [1.165, 1.54) is 30.3 Å². The number of aromatic nitrogens is 4. The molecule has 0 aliphatic carbocycles. The zero-order chi connectivity index (χ0) is 18.8. The van der Waals surface area contributed by atoms with Crippen molar-refractivity contribution < 1.29 is 23.0 Å². The predicted octanol–water partition coefficient (Wildman–Crippen LogP) is 3.39. The Morgan fingerprint density at radius 3 is 2.46 bits per heavy atom. The van der Waals surface area contributed by atoms with Gasteiger partial charge in [-0.1, -0.05) is 18.2 Å². The average Bonchev–Trinajstić information content (AvgIpc) is 3.07. The lowest BCUT2D eigenvalue weighted by molar-refractivity contribution is -0.144. The Kier molecular flexibility index (Phi) is 4.64. The van der Waals surface area contributed by atoms with Gasteiger partial charge in [-0.3, -0.25) is 0 Å². The Morgan fingerprint density at radius 1 is 1.12 bits per heavy atom. The summed E-state index contributed by atoms with van der Waals surface area (Å²) >= 11 is 0. The van der Waals surface area contributed by atoms with Gasteiger partial charge in [0.25, 0.3) is 0 Å². The van der Waals surface area contributed by atoms with Gasteiger partial charge in [0.05, 0.1) is 6.54 Å². The van der Waals surface area contributed by atoms with Gasteiger partial charge in [0.2, 0.25) is 5.88 Å². The number of hydrogen-bond acceptors (Lipinski definition) is 5. The first-order valence-electron chi connectivity index (χ1n) is 7.62. The number of para-hydroxylation sites is 1. The normalized spacial score (nSPS) is 14.0. The Morgan fingerprint density at radius 2 is 1.85 bits per heavy atom. The highest BCUT2D eigenvalue weighted by atomic mass is 19.4. The Bertz CT molecular complexity index is 865. The summed E-state index contributed by atoms with van der Waals surface area (Å²) in [6.07, 6.45) is -2.23. The molecule has 1 aromatic carbocycles. The molecule has 6 nitrogen and oxygen atoms in total. The van der Waals surface area contributed by atoms with E-state index >= 15 is 0 Å². The van der Waals surface area contributed by atoms with Crippen LogP contribution in [0.4, 0.5) is 13.2 Å². The Balaban J connectivity index is 1.97. The van der Waals surface area contributed by atoms with Crippen molar-refractivity contribution in [2.45, 2.75) is 25.2 Å². The van der Waals surface area contributed by atoms with Gasteiger partial charge in [-0.2, -0.15) is 18.3 Å². The van der Waals surface area contributed by atoms with Crippen molar-refractivity contribution >= 4 is 0 Å². The van der Waals surface area contributed by atoms with E-state index in [0.29, 0.717) is 5.75 Å². The van der Waals surface area contributed by atoms with Crippen LogP contribution in [0, 0.1) is 0 Å². The van der Waals surface area contributed by atoms with E-state index in [1.807, 2.05) is 0 Å². The molecule has 0 aliphatic rings. The number of hydrogen-bond donors (Lipinski definition) is 1. The predicted molar refractivity (Wildman–Crippen MR) is 85.3 cm³/mol. The third-order valence-corrected chi connectivity index (χ3v) is 3.62. The zero-order valence-corrected chi connectivity index (χ0v) is 13.7. The van der Waals surface area contributed by atoms with E-state index in [4.69, 9.17) is 4.74 Å². The van der Waals surface area contributed by atoms with Crippen molar-refractivity contribution in [3.63, 3.8) is 0 Å². The fourth-order valence-corrected chi connectivity index (χ4v) is 2.47. The van der Waals surface area contributed by atoms with Crippen molar-refractivity contribution in [2.24, 2.45) is 0 Å². The largest absolute Gasteiger partial charge is 0.439 e. The van der Waals surface area contributed by atoms with E-state index in [2.05, 4.69) is 15.1 Å². The molecule has 136 valence electrons. The number of alkyl halides is 3. The molecular weight excluding hydrogens is 349 g/mol. The molecule has 0 bridgehead atoms. The molecule has 1 unspecified atom stereocenters. The maximum absolute atomic E-state index is 13.5. The van der Waals surface area contributed by atoms with E-state index < -0.39 is 17.5 Å². The van der Waals surface area contributed by atoms with Crippen LogP contribution >= 0.6 is 0 Å². The smallest absolute Gasteiger partial charge is 0.433 e. The molecule has 3 aromatic rings. The van der Waals surface area contributed by atoms with Crippen molar-refractivity contribution in [2.75, 3.05) is 0 Å². The number of halogens is 3. The second-order valence-corrected chi connectivity index (χ2v) is 5.83. The third kappa shape index (κ3) is 3.99.